The van der Waals surface area contributed by atoms with E-state index in [1.165, 1.54) is 12.1 Å². The summed E-state index contributed by atoms with van der Waals surface area (Å²) in [4.78, 5) is 12.7. The van der Waals surface area contributed by atoms with Crippen LogP contribution in [0.2, 0.25) is 0 Å². The summed E-state index contributed by atoms with van der Waals surface area (Å²) < 4.78 is 0. The number of carbonyl (C=O) groups is 1. The van der Waals surface area contributed by atoms with Gasteiger partial charge in [-0.3, -0.25) is 4.79 Å². The van der Waals surface area contributed by atoms with Crippen LogP contribution in [0.3, 0.4) is 0 Å². The van der Waals surface area contributed by atoms with Crippen LogP contribution in [0.5, 0.6) is 5.75 Å². The number of hydrogen-bond donors (Lipinski definition) is 2. The predicted molar refractivity (Wildman–Crippen MR) is 96.4 cm³/mol. The summed E-state index contributed by atoms with van der Waals surface area (Å²) in [6, 6.07) is 18.3. The number of benzene rings is 2. The molecule has 1 fully saturated rings. The quantitative estimate of drug-likeness (QED) is 0.659. The Balaban J connectivity index is 1.86. The van der Waals surface area contributed by atoms with Gasteiger partial charge in [0.05, 0.1) is 5.54 Å². The minimum atomic E-state index is -0.400. The molecule has 0 unspecified atom stereocenters. The third-order valence-corrected chi connectivity index (χ3v) is 4.71. The molecular formula is C21H20N2O2. The Kier molecular flexibility index (Phi) is 4.85. The highest BCUT2D eigenvalue weighted by Crippen LogP contribution is 2.38. The lowest BCUT2D eigenvalue weighted by atomic mass is 9.87. The molecule has 3 rings (SSSR count). The number of nitrogens with one attached hydrogen (secondary N) is 1. The molecule has 0 spiro atoms. The Hall–Kier alpha value is -3.06. The number of rotatable bonds is 4. The molecule has 0 atom stereocenters. The molecule has 1 saturated carbocycles. The van der Waals surface area contributed by atoms with Gasteiger partial charge in [-0.25, -0.2) is 0 Å². The van der Waals surface area contributed by atoms with Crippen molar-refractivity contribution in [1.29, 1.82) is 5.26 Å². The van der Waals surface area contributed by atoms with Gasteiger partial charge in [0.15, 0.2) is 0 Å². The second-order valence-electron chi connectivity index (χ2n) is 6.37. The molecule has 4 nitrogen and oxygen atoms in total. The zero-order valence-electron chi connectivity index (χ0n) is 13.9. The summed E-state index contributed by atoms with van der Waals surface area (Å²) in [6.07, 6.45) is 5.40. The molecule has 0 aliphatic heterocycles. The molecule has 2 N–H and O–H groups in total. The number of carbonyl (C=O) groups excluding carboxylic acids is 1. The Labute approximate surface area is 147 Å². The van der Waals surface area contributed by atoms with E-state index in [-0.39, 0.29) is 17.2 Å². The van der Waals surface area contributed by atoms with Crippen LogP contribution in [-0.4, -0.2) is 11.0 Å². The highest BCUT2D eigenvalue weighted by molar-refractivity contribution is 6.02. The maximum Gasteiger partial charge on any atom is 0.262 e. The van der Waals surface area contributed by atoms with Gasteiger partial charge in [0.1, 0.15) is 17.4 Å². The minimum absolute atomic E-state index is 0.0629. The average molecular weight is 332 g/mol. The summed E-state index contributed by atoms with van der Waals surface area (Å²) in [5.74, 6) is -0.213. The molecule has 1 amide bonds. The van der Waals surface area contributed by atoms with E-state index in [1.807, 2.05) is 36.4 Å². The van der Waals surface area contributed by atoms with Crippen LogP contribution in [0.25, 0.3) is 6.08 Å². The van der Waals surface area contributed by atoms with Gasteiger partial charge in [-0.1, -0.05) is 55.3 Å². The lowest BCUT2D eigenvalue weighted by Crippen LogP contribution is -2.44. The lowest BCUT2D eigenvalue weighted by molar-refractivity contribution is -0.119. The second kappa shape index (κ2) is 7.23. The molecule has 25 heavy (non-hydrogen) atoms. The topological polar surface area (TPSA) is 73.1 Å². The van der Waals surface area contributed by atoms with Gasteiger partial charge >= 0.3 is 0 Å². The van der Waals surface area contributed by atoms with E-state index in [0.29, 0.717) is 5.56 Å². The highest BCUT2D eigenvalue weighted by atomic mass is 16.3. The van der Waals surface area contributed by atoms with Gasteiger partial charge in [-0.05, 0) is 42.2 Å². The smallest absolute Gasteiger partial charge is 0.262 e. The number of nitriles is 1. The van der Waals surface area contributed by atoms with Crippen LogP contribution in [-0.2, 0) is 10.3 Å². The van der Waals surface area contributed by atoms with E-state index in [1.54, 1.807) is 18.2 Å². The Bertz CT molecular complexity index is 811. The van der Waals surface area contributed by atoms with E-state index < -0.39 is 5.54 Å². The van der Waals surface area contributed by atoms with Crippen molar-refractivity contribution in [3.05, 3.63) is 71.3 Å². The third kappa shape index (κ3) is 3.72. The largest absolute Gasteiger partial charge is 0.508 e. The molecule has 0 heterocycles. The normalized spacial score (nSPS) is 16.2. The number of aromatic hydroxyl groups is 1. The van der Waals surface area contributed by atoms with Crippen molar-refractivity contribution in [2.24, 2.45) is 0 Å². The SMILES string of the molecule is N#CC(=Cc1ccc(O)cc1)C(=O)NC1(c2ccccc2)CCCC1. The molecule has 0 aromatic heterocycles. The van der Waals surface area contributed by atoms with Crippen LogP contribution < -0.4 is 5.32 Å². The average Bonchev–Trinajstić information content (AvgIpc) is 3.11. The Morgan fingerprint density at radius 3 is 2.32 bits per heavy atom. The van der Waals surface area contributed by atoms with E-state index in [4.69, 9.17) is 0 Å². The van der Waals surface area contributed by atoms with Crippen molar-refractivity contribution in [2.75, 3.05) is 0 Å². The summed E-state index contributed by atoms with van der Waals surface area (Å²) in [6.45, 7) is 0. The monoisotopic (exact) mass is 332 g/mol. The second-order valence-corrected chi connectivity index (χ2v) is 6.37. The van der Waals surface area contributed by atoms with Gasteiger partial charge in [0.2, 0.25) is 0 Å². The van der Waals surface area contributed by atoms with E-state index >= 15 is 0 Å². The van der Waals surface area contributed by atoms with Crippen LogP contribution >= 0.6 is 0 Å². The molecular weight excluding hydrogens is 312 g/mol. The Morgan fingerprint density at radius 2 is 1.72 bits per heavy atom. The molecule has 2 aromatic rings. The van der Waals surface area contributed by atoms with Gasteiger partial charge in [-0.15, -0.1) is 0 Å². The number of amides is 1. The van der Waals surface area contributed by atoms with Crippen molar-refractivity contribution in [3.63, 3.8) is 0 Å². The highest BCUT2D eigenvalue weighted by Gasteiger charge is 2.37. The minimum Gasteiger partial charge on any atom is -0.508 e. The fourth-order valence-corrected chi connectivity index (χ4v) is 3.39. The first-order valence-electron chi connectivity index (χ1n) is 8.42. The zero-order valence-corrected chi connectivity index (χ0v) is 13.9. The first-order valence-corrected chi connectivity index (χ1v) is 8.42. The summed E-state index contributed by atoms with van der Waals surface area (Å²) in [5.41, 5.74) is 1.45. The fourth-order valence-electron chi connectivity index (χ4n) is 3.39. The molecule has 126 valence electrons. The molecule has 1 aliphatic carbocycles. The third-order valence-electron chi connectivity index (χ3n) is 4.71. The number of phenols is 1. The number of phenolic OH excluding ortho intramolecular Hbond substituents is 1. The molecule has 1 aliphatic rings. The molecule has 0 bridgehead atoms. The summed E-state index contributed by atoms with van der Waals surface area (Å²) >= 11 is 0. The maximum absolute atomic E-state index is 12.7. The van der Waals surface area contributed by atoms with Crippen LogP contribution in [0, 0.1) is 11.3 Å². The van der Waals surface area contributed by atoms with Gasteiger partial charge in [0.25, 0.3) is 5.91 Å². The van der Waals surface area contributed by atoms with Crippen molar-refractivity contribution < 1.29 is 9.90 Å². The van der Waals surface area contributed by atoms with Crippen LogP contribution in [0.15, 0.2) is 60.2 Å². The fraction of sp³-hybridized carbons (Fsp3) is 0.238. The van der Waals surface area contributed by atoms with Crippen molar-refractivity contribution >= 4 is 12.0 Å². The first-order chi connectivity index (χ1) is 12.1. The van der Waals surface area contributed by atoms with Crippen molar-refractivity contribution in [3.8, 4) is 11.8 Å². The van der Waals surface area contributed by atoms with Gasteiger partial charge in [0, 0.05) is 0 Å². The number of nitrogens with zero attached hydrogens (tertiary/aromatic N) is 1. The summed E-state index contributed by atoms with van der Waals surface area (Å²) in [5, 5.41) is 21.9. The maximum atomic E-state index is 12.7. The van der Waals surface area contributed by atoms with Crippen LogP contribution in [0.4, 0.5) is 0 Å². The van der Waals surface area contributed by atoms with Gasteiger partial charge in [-0.2, -0.15) is 5.26 Å². The van der Waals surface area contributed by atoms with E-state index in [2.05, 4.69) is 5.32 Å². The first kappa shape index (κ1) is 16.8. The van der Waals surface area contributed by atoms with E-state index in [9.17, 15) is 15.2 Å². The van der Waals surface area contributed by atoms with E-state index in [0.717, 1.165) is 31.2 Å². The molecule has 0 saturated heterocycles. The zero-order chi connectivity index (χ0) is 17.7. The van der Waals surface area contributed by atoms with Crippen LogP contribution in [0.1, 0.15) is 36.8 Å². The summed E-state index contributed by atoms with van der Waals surface area (Å²) in [7, 11) is 0. The molecule has 0 radical (unpaired) electrons. The Morgan fingerprint density at radius 1 is 1.08 bits per heavy atom. The standard InChI is InChI=1S/C21H20N2O2/c22-15-17(14-16-8-10-19(24)11-9-16)20(25)23-21(12-4-5-13-21)18-6-2-1-3-7-18/h1-3,6-11,14,24H,4-5,12-13H2,(H,23,25). The van der Waals surface area contributed by atoms with Crippen molar-refractivity contribution in [1.82, 2.24) is 5.32 Å². The number of hydrogen-bond acceptors (Lipinski definition) is 3. The molecule has 4 heteroatoms. The molecule has 2 aromatic carbocycles. The lowest BCUT2D eigenvalue weighted by Gasteiger charge is -2.31. The predicted octanol–water partition coefficient (Wildman–Crippen LogP) is 3.88. The van der Waals surface area contributed by atoms with Crippen molar-refractivity contribution in [2.45, 2.75) is 31.2 Å². The van der Waals surface area contributed by atoms with Gasteiger partial charge < -0.3 is 10.4 Å².